The third kappa shape index (κ3) is 4.56. The second-order valence-electron chi connectivity index (χ2n) is 5.48. The Morgan fingerprint density at radius 2 is 2.22 bits per heavy atom. The van der Waals surface area contributed by atoms with Gasteiger partial charge >= 0.3 is 0 Å². The standard InChI is InChI=1S/C17H21ClN2O3/c1-3-16(21)19-9-8-17(22)20-10-15(23-11-12(20)2)13-6-4-5-7-14(13)18/h3-7,12,15H,1,8-11H2,2H3,(H,19,21)/t12-,15-/m1/s1. The molecule has 2 atom stereocenters. The highest BCUT2D eigenvalue weighted by molar-refractivity contribution is 6.31. The van der Waals surface area contributed by atoms with Crippen LogP contribution in [-0.2, 0) is 14.3 Å². The Hall–Kier alpha value is -1.85. The van der Waals surface area contributed by atoms with Crippen LogP contribution >= 0.6 is 11.6 Å². The quantitative estimate of drug-likeness (QED) is 0.839. The molecule has 0 radical (unpaired) electrons. The lowest BCUT2D eigenvalue weighted by Gasteiger charge is -2.38. The van der Waals surface area contributed by atoms with Crippen molar-refractivity contribution in [1.82, 2.24) is 10.2 Å². The predicted molar refractivity (Wildman–Crippen MR) is 89.1 cm³/mol. The maximum Gasteiger partial charge on any atom is 0.243 e. The van der Waals surface area contributed by atoms with Crippen LogP contribution in [0.3, 0.4) is 0 Å². The molecule has 1 aromatic carbocycles. The fraction of sp³-hybridized carbons (Fsp3) is 0.412. The average molecular weight is 337 g/mol. The molecule has 0 spiro atoms. The van der Waals surface area contributed by atoms with Crippen molar-refractivity contribution in [2.75, 3.05) is 19.7 Å². The van der Waals surface area contributed by atoms with Crippen molar-refractivity contribution in [1.29, 1.82) is 0 Å². The van der Waals surface area contributed by atoms with Crippen molar-refractivity contribution >= 4 is 23.4 Å². The summed E-state index contributed by atoms with van der Waals surface area (Å²) in [6, 6.07) is 7.49. The van der Waals surface area contributed by atoms with Gasteiger partial charge in [-0.05, 0) is 19.1 Å². The number of nitrogens with one attached hydrogen (secondary N) is 1. The fourth-order valence-corrected chi connectivity index (χ4v) is 2.79. The van der Waals surface area contributed by atoms with E-state index in [1.807, 2.05) is 31.2 Å². The molecule has 1 saturated heterocycles. The summed E-state index contributed by atoms with van der Waals surface area (Å²) in [7, 11) is 0. The van der Waals surface area contributed by atoms with Crippen molar-refractivity contribution in [3.8, 4) is 0 Å². The van der Waals surface area contributed by atoms with Crippen LogP contribution in [-0.4, -0.2) is 42.5 Å². The molecule has 1 fully saturated rings. The Morgan fingerprint density at radius 1 is 1.48 bits per heavy atom. The highest BCUT2D eigenvalue weighted by Crippen LogP contribution is 2.30. The number of ether oxygens (including phenoxy) is 1. The highest BCUT2D eigenvalue weighted by atomic mass is 35.5. The van der Waals surface area contributed by atoms with Gasteiger partial charge in [0.25, 0.3) is 0 Å². The zero-order chi connectivity index (χ0) is 16.8. The summed E-state index contributed by atoms with van der Waals surface area (Å²) in [6.45, 7) is 6.54. The summed E-state index contributed by atoms with van der Waals surface area (Å²) in [5.74, 6) is -0.288. The lowest BCUT2D eigenvalue weighted by Crippen LogP contribution is -2.48. The molecule has 124 valence electrons. The molecule has 1 aliphatic rings. The Kier molecular flexibility index (Phi) is 6.19. The number of carbonyl (C=O) groups excluding carboxylic acids is 2. The van der Waals surface area contributed by atoms with Gasteiger partial charge in [-0.1, -0.05) is 36.4 Å². The summed E-state index contributed by atoms with van der Waals surface area (Å²) >= 11 is 6.22. The molecular formula is C17H21ClN2O3. The van der Waals surface area contributed by atoms with Gasteiger partial charge in [0, 0.05) is 23.6 Å². The van der Waals surface area contributed by atoms with Crippen LogP contribution in [0.4, 0.5) is 0 Å². The van der Waals surface area contributed by atoms with E-state index in [9.17, 15) is 9.59 Å². The van der Waals surface area contributed by atoms with Crippen LogP contribution in [0, 0.1) is 0 Å². The Labute approximate surface area is 141 Å². The lowest BCUT2D eigenvalue weighted by molar-refractivity contribution is -0.144. The van der Waals surface area contributed by atoms with Gasteiger partial charge in [-0.15, -0.1) is 0 Å². The maximum atomic E-state index is 12.4. The first-order valence-corrected chi connectivity index (χ1v) is 7.96. The van der Waals surface area contributed by atoms with E-state index in [1.165, 1.54) is 6.08 Å². The number of benzene rings is 1. The Morgan fingerprint density at radius 3 is 2.91 bits per heavy atom. The summed E-state index contributed by atoms with van der Waals surface area (Å²) < 4.78 is 5.84. The third-order valence-corrected chi connectivity index (χ3v) is 4.17. The number of morpholine rings is 1. The minimum absolute atomic E-state index is 0.00339. The summed E-state index contributed by atoms with van der Waals surface area (Å²) in [5, 5.41) is 3.25. The van der Waals surface area contributed by atoms with Gasteiger partial charge in [-0.3, -0.25) is 9.59 Å². The third-order valence-electron chi connectivity index (χ3n) is 3.83. The zero-order valence-corrected chi connectivity index (χ0v) is 13.9. The first-order chi connectivity index (χ1) is 11.0. The molecule has 0 aliphatic carbocycles. The normalized spacial score (nSPS) is 20.9. The van der Waals surface area contributed by atoms with Crippen LogP contribution in [0.5, 0.6) is 0 Å². The Balaban J connectivity index is 1.97. The smallest absolute Gasteiger partial charge is 0.243 e. The molecular weight excluding hydrogens is 316 g/mol. The second-order valence-corrected chi connectivity index (χ2v) is 5.89. The van der Waals surface area contributed by atoms with E-state index in [1.54, 1.807) is 4.90 Å². The van der Waals surface area contributed by atoms with E-state index in [0.717, 1.165) is 5.56 Å². The monoisotopic (exact) mass is 336 g/mol. The molecule has 0 bridgehead atoms. The number of rotatable bonds is 5. The van der Waals surface area contributed by atoms with E-state index >= 15 is 0 Å². The predicted octanol–water partition coefficient (Wildman–Crippen LogP) is 2.32. The number of nitrogens with zero attached hydrogens (tertiary/aromatic N) is 1. The molecule has 0 aromatic heterocycles. The van der Waals surface area contributed by atoms with Gasteiger partial charge in [0.05, 0.1) is 19.2 Å². The minimum atomic E-state index is -0.276. The van der Waals surface area contributed by atoms with E-state index in [-0.39, 0.29) is 30.4 Å². The number of amides is 2. The highest BCUT2D eigenvalue weighted by Gasteiger charge is 2.30. The average Bonchev–Trinajstić information content (AvgIpc) is 2.55. The molecule has 1 aliphatic heterocycles. The molecule has 6 heteroatoms. The lowest BCUT2D eigenvalue weighted by atomic mass is 10.1. The van der Waals surface area contributed by atoms with Crippen molar-refractivity contribution in [2.24, 2.45) is 0 Å². The number of hydrogen-bond donors (Lipinski definition) is 1. The van der Waals surface area contributed by atoms with Crippen molar-refractivity contribution in [3.63, 3.8) is 0 Å². The topological polar surface area (TPSA) is 58.6 Å². The van der Waals surface area contributed by atoms with E-state index in [2.05, 4.69) is 11.9 Å². The van der Waals surface area contributed by atoms with Crippen LogP contribution in [0.25, 0.3) is 0 Å². The second kappa shape index (κ2) is 8.13. The largest absolute Gasteiger partial charge is 0.369 e. The number of hydrogen-bond acceptors (Lipinski definition) is 3. The summed E-state index contributed by atoms with van der Waals surface area (Å²) in [6.07, 6.45) is 1.21. The number of carbonyl (C=O) groups is 2. The van der Waals surface area contributed by atoms with Gasteiger partial charge in [-0.25, -0.2) is 0 Å². The molecule has 1 aromatic rings. The van der Waals surface area contributed by atoms with Crippen LogP contribution in [0.15, 0.2) is 36.9 Å². The van der Waals surface area contributed by atoms with Crippen molar-refractivity contribution in [2.45, 2.75) is 25.5 Å². The first-order valence-electron chi connectivity index (χ1n) is 7.58. The Bertz CT molecular complexity index is 591. The minimum Gasteiger partial charge on any atom is -0.369 e. The van der Waals surface area contributed by atoms with Crippen molar-refractivity contribution in [3.05, 3.63) is 47.5 Å². The molecule has 1 heterocycles. The van der Waals surface area contributed by atoms with Crippen molar-refractivity contribution < 1.29 is 14.3 Å². The molecule has 2 rings (SSSR count). The zero-order valence-electron chi connectivity index (χ0n) is 13.1. The van der Waals surface area contributed by atoms with Gasteiger partial charge in [0.15, 0.2) is 0 Å². The van der Waals surface area contributed by atoms with E-state index in [0.29, 0.717) is 24.7 Å². The molecule has 2 amide bonds. The first kappa shape index (κ1) is 17.5. The maximum absolute atomic E-state index is 12.4. The molecule has 0 saturated carbocycles. The van der Waals surface area contributed by atoms with Crippen LogP contribution in [0.2, 0.25) is 5.02 Å². The molecule has 23 heavy (non-hydrogen) atoms. The van der Waals surface area contributed by atoms with Gasteiger partial charge in [0.1, 0.15) is 6.10 Å². The molecule has 0 unspecified atom stereocenters. The summed E-state index contributed by atoms with van der Waals surface area (Å²) in [5.41, 5.74) is 0.888. The van der Waals surface area contributed by atoms with Gasteiger partial charge < -0.3 is 15.0 Å². The SMILES string of the molecule is C=CC(=O)NCCC(=O)N1C[C@H](c2ccccc2Cl)OC[C@H]1C. The summed E-state index contributed by atoms with van der Waals surface area (Å²) in [4.78, 5) is 25.3. The van der Waals surface area contributed by atoms with E-state index < -0.39 is 0 Å². The van der Waals surface area contributed by atoms with Gasteiger partial charge in [0.2, 0.25) is 11.8 Å². The fourth-order valence-electron chi connectivity index (χ4n) is 2.54. The number of halogens is 1. The molecule has 1 N–H and O–H groups in total. The van der Waals surface area contributed by atoms with Crippen LogP contribution < -0.4 is 5.32 Å². The van der Waals surface area contributed by atoms with Crippen LogP contribution in [0.1, 0.15) is 25.0 Å². The molecule has 5 nitrogen and oxygen atoms in total. The van der Waals surface area contributed by atoms with Gasteiger partial charge in [-0.2, -0.15) is 0 Å². The van der Waals surface area contributed by atoms with E-state index in [4.69, 9.17) is 16.3 Å².